The van der Waals surface area contributed by atoms with Crippen LogP contribution in [0.5, 0.6) is 0 Å². The molecule has 1 unspecified atom stereocenters. The molecule has 106 valence electrons. The van der Waals surface area contributed by atoms with E-state index in [1.54, 1.807) is 11.3 Å². The number of nitrogens with zero attached hydrogens (tertiary/aromatic N) is 2. The number of anilines is 1. The summed E-state index contributed by atoms with van der Waals surface area (Å²) in [4.78, 5) is 21.5. The van der Waals surface area contributed by atoms with E-state index in [2.05, 4.69) is 22.2 Å². The molecule has 2 rings (SSSR count). The summed E-state index contributed by atoms with van der Waals surface area (Å²) in [6.45, 7) is 3.95. The molecule has 2 aromatic heterocycles. The average Bonchev–Trinajstić information content (AvgIpc) is 2.90. The summed E-state index contributed by atoms with van der Waals surface area (Å²) in [7, 11) is 0. The largest absolute Gasteiger partial charge is 0.397 e. The summed E-state index contributed by atoms with van der Waals surface area (Å²) in [5.74, 6) is -0.310. The Morgan fingerprint density at radius 1 is 1.50 bits per heavy atom. The molecule has 5 nitrogen and oxygen atoms in total. The average molecular weight is 311 g/mol. The van der Waals surface area contributed by atoms with E-state index in [1.165, 1.54) is 17.1 Å². The van der Waals surface area contributed by atoms with Crippen LogP contribution < -0.4 is 11.1 Å². The lowest BCUT2D eigenvalue weighted by Gasteiger charge is -2.12. The van der Waals surface area contributed by atoms with Gasteiger partial charge in [-0.15, -0.1) is 11.3 Å². The molecule has 0 aliphatic heterocycles. The molecule has 0 aromatic carbocycles. The Morgan fingerprint density at radius 3 is 2.90 bits per heavy atom. The third-order valence-electron chi connectivity index (χ3n) is 2.74. The van der Waals surface area contributed by atoms with E-state index in [9.17, 15) is 4.79 Å². The zero-order valence-electron chi connectivity index (χ0n) is 11.2. The van der Waals surface area contributed by atoms with Gasteiger partial charge in [0, 0.05) is 11.1 Å². The van der Waals surface area contributed by atoms with E-state index in [0.29, 0.717) is 5.69 Å². The number of hydrogen-bond donors (Lipinski definition) is 2. The molecule has 1 atom stereocenters. The van der Waals surface area contributed by atoms with Gasteiger partial charge in [-0.1, -0.05) is 18.5 Å². The lowest BCUT2D eigenvalue weighted by Crippen LogP contribution is -2.27. The van der Waals surface area contributed by atoms with E-state index >= 15 is 0 Å². The molecule has 7 heteroatoms. The molecule has 0 aliphatic rings. The van der Waals surface area contributed by atoms with Gasteiger partial charge in [-0.25, -0.2) is 9.97 Å². The first-order valence-electron chi connectivity index (χ1n) is 6.17. The van der Waals surface area contributed by atoms with Crippen molar-refractivity contribution in [2.75, 3.05) is 5.73 Å². The van der Waals surface area contributed by atoms with E-state index in [1.807, 2.05) is 13.1 Å². The molecule has 0 saturated heterocycles. The Hall–Kier alpha value is -1.66. The van der Waals surface area contributed by atoms with Crippen LogP contribution >= 0.6 is 22.9 Å². The molecule has 2 heterocycles. The van der Waals surface area contributed by atoms with Crippen molar-refractivity contribution in [1.82, 2.24) is 15.3 Å². The van der Waals surface area contributed by atoms with Gasteiger partial charge in [0.05, 0.1) is 23.5 Å². The Labute approximate surface area is 126 Å². The van der Waals surface area contributed by atoms with Crippen molar-refractivity contribution in [3.63, 3.8) is 0 Å². The second-order valence-electron chi connectivity index (χ2n) is 4.32. The van der Waals surface area contributed by atoms with Crippen molar-refractivity contribution in [2.24, 2.45) is 0 Å². The highest BCUT2D eigenvalue weighted by atomic mass is 35.5. The number of nitrogens with two attached hydrogens (primary N) is 1. The molecule has 1 amide bonds. The lowest BCUT2D eigenvalue weighted by molar-refractivity contribution is 0.0939. The summed E-state index contributed by atoms with van der Waals surface area (Å²) < 4.78 is 0. The molecule has 0 radical (unpaired) electrons. The summed E-state index contributed by atoms with van der Waals surface area (Å²) >= 11 is 7.49. The molecule has 0 aliphatic carbocycles. The molecule has 2 aromatic rings. The third-order valence-corrected chi connectivity index (χ3v) is 4.37. The van der Waals surface area contributed by atoms with Gasteiger partial charge in [0.25, 0.3) is 5.91 Å². The smallest absolute Gasteiger partial charge is 0.255 e. The summed E-state index contributed by atoms with van der Waals surface area (Å²) in [6.07, 6.45) is 4.18. The highest BCUT2D eigenvalue weighted by molar-refractivity contribution is 7.11. The van der Waals surface area contributed by atoms with Crippen LogP contribution in [0.3, 0.4) is 0 Å². The van der Waals surface area contributed by atoms with Gasteiger partial charge in [0.2, 0.25) is 0 Å². The minimum absolute atomic E-state index is 0.136. The van der Waals surface area contributed by atoms with Crippen LogP contribution in [0.2, 0.25) is 5.15 Å². The third kappa shape index (κ3) is 3.26. The number of nitrogens with one attached hydrogen (secondary N) is 1. The monoisotopic (exact) mass is 310 g/mol. The number of carbonyl (C=O) groups excluding carboxylic acids is 1. The highest BCUT2D eigenvalue weighted by Crippen LogP contribution is 2.22. The normalized spacial score (nSPS) is 12.2. The van der Waals surface area contributed by atoms with Crippen molar-refractivity contribution < 1.29 is 4.79 Å². The quantitative estimate of drug-likeness (QED) is 0.851. The number of amides is 1. The van der Waals surface area contributed by atoms with E-state index in [0.717, 1.165) is 11.4 Å². The standard InChI is InChI=1S/C13H15ClN4OS/c1-3-9-6-17-13(20-9)7(2)18-12(19)10-4-8(15)5-16-11(10)14/h4-7H,3,15H2,1-2H3,(H,18,19). The Bertz CT molecular complexity index is 629. The number of carbonyl (C=O) groups is 1. The van der Waals surface area contributed by atoms with Crippen molar-refractivity contribution >= 4 is 34.5 Å². The number of pyridine rings is 1. The van der Waals surface area contributed by atoms with Crippen LogP contribution in [0, 0.1) is 0 Å². The van der Waals surface area contributed by atoms with Crippen LogP contribution in [0.15, 0.2) is 18.5 Å². The first-order chi connectivity index (χ1) is 9.51. The zero-order chi connectivity index (χ0) is 14.7. The first kappa shape index (κ1) is 14.7. The van der Waals surface area contributed by atoms with Crippen LogP contribution in [-0.2, 0) is 6.42 Å². The summed E-state index contributed by atoms with van der Waals surface area (Å²) in [5, 5.41) is 3.85. The van der Waals surface area contributed by atoms with Crippen molar-refractivity contribution in [3.05, 3.63) is 39.1 Å². The number of aromatic nitrogens is 2. The van der Waals surface area contributed by atoms with Crippen LogP contribution in [-0.4, -0.2) is 15.9 Å². The van der Waals surface area contributed by atoms with Crippen molar-refractivity contribution in [3.8, 4) is 0 Å². The topological polar surface area (TPSA) is 80.9 Å². The fourth-order valence-electron chi connectivity index (χ4n) is 1.65. The molecular weight excluding hydrogens is 296 g/mol. The molecule has 0 saturated carbocycles. The maximum absolute atomic E-state index is 12.2. The number of aryl methyl sites for hydroxylation is 1. The molecule has 20 heavy (non-hydrogen) atoms. The Balaban J connectivity index is 2.12. The Morgan fingerprint density at radius 2 is 2.25 bits per heavy atom. The van der Waals surface area contributed by atoms with Gasteiger partial charge in [-0.2, -0.15) is 0 Å². The Kier molecular flexibility index (Phi) is 4.57. The minimum atomic E-state index is -0.310. The van der Waals surface area contributed by atoms with Crippen LogP contribution in [0.4, 0.5) is 5.69 Å². The summed E-state index contributed by atoms with van der Waals surface area (Å²) in [5.41, 5.74) is 6.28. The van der Waals surface area contributed by atoms with Gasteiger partial charge >= 0.3 is 0 Å². The number of rotatable bonds is 4. The molecule has 3 N–H and O–H groups in total. The van der Waals surface area contributed by atoms with E-state index in [4.69, 9.17) is 17.3 Å². The molecule has 0 fully saturated rings. The van der Waals surface area contributed by atoms with Crippen LogP contribution in [0.25, 0.3) is 0 Å². The van der Waals surface area contributed by atoms with Gasteiger partial charge in [0.15, 0.2) is 0 Å². The first-order valence-corrected chi connectivity index (χ1v) is 7.37. The van der Waals surface area contributed by atoms with Crippen molar-refractivity contribution in [1.29, 1.82) is 0 Å². The van der Waals surface area contributed by atoms with Gasteiger partial charge in [-0.05, 0) is 19.4 Å². The number of hydrogen-bond acceptors (Lipinski definition) is 5. The maximum atomic E-state index is 12.2. The zero-order valence-corrected chi connectivity index (χ0v) is 12.8. The minimum Gasteiger partial charge on any atom is -0.397 e. The van der Waals surface area contributed by atoms with Crippen LogP contribution in [0.1, 0.15) is 40.1 Å². The lowest BCUT2D eigenvalue weighted by atomic mass is 10.2. The number of nitrogen functional groups attached to an aromatic ring is 1. The van der Waals surface area contributed by atoms with Gasteiger partial charge in [-0.3, -0.25) is 4.79 Å². The predicted molar refractivity (Wildman–Crippen MR) is 81.0 cm³/mol. The second-order valence-corrected chi connectivity index (χ2v) is 5.83. The number of halogens is 1. The molecular formula is C13H15ClN4OS. The molecule has 0 bridgehead atoms. The second kappa shape index (κ2) is 6.19. The van der Waals surface area contributed by atoms with E-state index < -0.39 is 0 Å². The fraction of sp³-hybridized carbons (Fsp3) is 0.308. The van der Waals surface area contributed by atoms with E-state index in [-0.39, 0.29) is 22.7 Å². The maximum Gasteiger partial charge on any atom is 0.255 e. The predicted octanol–water partition coefficient (Wildman–Crippen LogP) is 2.83. The highest BCUT2D eigenvalue weighted by Gasteiger charge is 2.17. The van der Waals surface area contributed by atoms with Crippen molar-refractivity contribution in [2.45, 2.75) is 26.3 Å². The van der Waals surface area contributed by atoms with Gasteiger partial charge in [0.1, 0.15) is 10.2 Å². The fourth-order valence-corrected chi connectivity index (χ4v) is 2.69. The molecule has 0 spiro atoms. The summed E-state index contributed by atoms with van der Waals surface area (Å²) in [6, 6.07) is 1.32. The van der Waals surface area contributed by atoms with Gasteiger partial charge < -0.3 is 11.1 Å². The number of thiazole rings is 1. The SMILES string of the molecule is CCc1cnc(C(C)NC(=O)c2cc(N)cnc2Cl)s1.